The predicted molar refractivity (Wildman–Crippen MR) is 105 cm³/mol. The molecular formula is C16H9Cl6NO2. The van der Waals surface area contributed by atoms with Crippen molar-refractivity contribution >= 4 is 69.6 Å². The average molecular weight is 460 g/mol. The third kappa shape index (κ3) is 5.24. The summed E-state index contributed by atoms with van der Waals surface area (Å²) < 4.78 is 0. The van der Waals surface area contributed by atoms with Gasteiger partial charge in [-0.1, -0.05) is 76.2 Å². The third-order valence-electron chi connectivity index (χ3n) is 2.93. The molecular weight excluding hydrogens is 451 g/mol. The van der Waals surface area contributed by atoms with Gasteiger partial charge in [0.25, 0.3) is 0 Å². The number of nitriles is 1. The summed E-state index contributed by atoms with van der Waals surface area (Å²) >= 11 is 35.7. The molecule has 0 aromatic heterocycles. The molecule has 3 nitrogen and oxygen atoms in total. The van der Waals surface area contributed by atoms with Crippen LogP contribution in [-0.2, 0) is 6.42 Å². The first-order chi connectivity index (χ1) is 11.6. The number of phenols is 2. The van der Waals surface area contributed by atoms with Crippen LogP contribution in [0.5, 0.6) is 11.5 Å². The highest BCUT2D eigenvalue weighted by Gasteiger charge is 2.20. The molecule has 0 atom stereocenters. The molecule has 0 spiro atoms. The maximum absolute atomic E-state index is 10.0. The van der Waals surface area contributed by atoms with E-state index in [1.54, 1.807) is 6.07 Å². The first-order valence-corrected chi connectivity index (χ1v) is 8.63. The molecule has 25 heavy (non-hydrogen) atoms. The molecule has 2 N–H and O–H groups in total. The molecule has 2 rings (SSSR count). The molecule has 0 aliphatic carbocycles. The van der Waals surface area contributed by atoms with Crippen LogP contribution in [0.2, 0.25) is 30.1 Å². The van der Waals surface area contributed by atoms with Crippen LogP contribution in [0, 0.1) is 11.3 Å². The number of nitrogens with zero attached hydrogens (tertiary/aromatic N) is 1. The average Bonchev–Trinajstić information content (AvgIpc) is 2.58. The lowest BCUT2D eigenvalue weighted by Gasteiger charge is -2.14. The van der Waals surface area contributed by atoms with Crippen LogP contribution in [-0.4, -0.2) is 10.2 Å². The standard InChI is InChI=1S/C13H6Cl6O2.C3H3N/c14-6-2-8(16)12(20)4(10(6)18)1-5-11(19)7(15)3-9(17)13(5)21;1-2-3-4/h2-3,20-21H,1H2;2H,1H2. The number of aromatic hydroxyl groups is 2. The minimum atomic E-state index is -0.252. The lowest BCUT2D eigenvalue weighted by Crippen LogP contribution is -1.95. The minimum absolute atomic E-state index is 0.0307. The Hall–Kier alpha value is -0.990. The fourth-order valence-electron chi connectivity index (χ4n) is 1.77. The van der Waals surface area contributed by atoms with Crippen LogP contribution in [0.1, 0.15) is 11.1 Å². The van der Waals surface area contributed by atoms with E-state index in [0.717, 1.165) is 0 Å². The van der Waals surface area contributed by atoms with Gasteiger partial charge in [-0.2, -0.15) is 5.26 Å². The minimum Gasteiger partial charge on any atom is -0.506 e. The van der Waals surface area contributed by atoms with E-state index >= 15 is 0 Å². The van der Waals surface area contributed by atoms with Gasteiger partial charge in [-0.05, 0) is 12.1 Å². The Morgan fingerprint density at radius 3 is 1.44 bits per heavy atom. The van der Waals surface area contributed by atoms with Crippen LogP contribution >= 0.6 is 69.6 Å². The van der Waals surface area contributed by atoms with Crippen molar-refractivity contribution in [2.45, 2.75) is 6.42 Å². The molecule has 0 unspecified atom stereocenters. The second-order valence-electron chi connectivity index (χ2n) is 4.47. The summed E-state index contributed by atoms with van der Waals surface area (Å²) in [4.78, 5) is 0. The quantitative estimate of drug-likeness (QED) is 0.365. The Bertz CT molecular complexity index is 747. The Balaban J connectivity index is 0.000000705. The van der Waals surface area contributed by atoms with E-state index in [1.807, 2.05) is 0 Å². The maximum atomic E-state index is 10.0. The van der Waals surface area contributed by atoms with E-state index in [9.17, 15) is 10.2 Å². The summed E-state index contributed by atoms with van der Waals surface area (Å²) in [5, 5.41) is 28.1. The van der Waals surface area contributed by atoms with Crippen LogP contribution in [0.4, 0.5) is 0 Å². The van der Waals surface area contributed by atoms with E-state index in [0.29, 0.717) is 0 Å². The predicted octanol–water partition coefficient (Wildman–Crippen LogP) is 7.30. The highest BCUT2D eigenvalue weighted by molar-refractivity contribution is 6.45. The van der Waals surface area contributed by atoms with Gasteiger partial charge in [-0.25, -0.2) is 0 Å². The second-order valence-corrected chi connectivity index (χ2v) is 6.86. The summed E-state index contributed by atoms with van der Waals surface area (Å²) in [7, 11) is 0. The zero-order valence-corrected chi connectivity index (χ0v) is 16.8. The van der Waals surface area contributed by atoms with Crippen molar-refractivity contribution in [3.63, 3.8) is 0 Å². The fourth-order valence-corrected chi connectivity index (χ4v) is 3.20. The SMILES string of the molecule is C=CC#N.Oc1c(Cl)cc(Cl)c(Cl)c1Cc1c(O)c(Cl)cc(Cl)c1Cl. The summed E-state index contributed by atoms with van der Waals surface area (Å²) in [6, 6.07) is 4.33. The molecule has 2 aromatic rings. The number of rotatable bonds is 2. The smallest absolute Gasteiger partial charge is 0.139 e. The Morgan fingerprint density at radius 1 is 0.840 bits per heavy atom. The van der Waals surface area contributed by atoms with Crippen molar-refractivity contribution in [3.05, 3.63) is 66.1 Å². The van der Waals surface area contributed by atoms with Gasteiger partial charge < -0.3 is 10.2 Å². The van der Waals surface area contributed by atoms with Crippen LogP contribution < -0.4 is 0 Å². The van der Waals surface area contributed by atoms with E-state index in [2.05, 4.69) is 6.58 Å². The molecule has 0 heterocycles. The van der Waals surface area contributed by atoms with Crippen molar-refractivity contribution in [1.82, 2.24) is 0 Å². The van der Waals surface area contributed by atoms with Gasteiger partial charge in [-0.3, -0.25) is 0 Å². The lowest BCUT2D eigenvalue weighted by molar-refractivity contribution is 0.463. The monoisotopic (exact) mass is 457 g/mol. The number of phenolic OH excluding ortho intramolecular Hbond substituents is 2. The first-order valence-electron chi connectivity index (χ1n) is 6.36. The summed E-state index contributed by atoms with van der Waals surface area (Å²) in [6.07, 6.45) is 1.13. The number of halogens is 6. The second kappa shape index (κ2) is 9.64. The Morgan fingerprint density at radius 2 is 1.16 bits per heavy atom. The number of hydrogen-bond donors (Lipinski definition) is 2. The lowest BCUT2D eigenvalue weighted by atomic mass is 10.0. The molecule has 2 aromatic carbocycles. The van der Waals surface area contributed by atoms with Gasteiger partial charge >= 0.3 is 0 Å². The molecule has 0 saturated heterocycles. The van der Waals surface area contributed by atoms with E-state index < -0.39 is 0 Å². The molecule has 0 bridgehead atoms. The Labute approximate surface area is 174 Å². The van der Waals surface area contributed by atoms with Gasteiger partial charge in [0.15, 0.2) is 0 Å². The topological polar surface area (TPSA) is 64.2 Å². The zero-order valence-electron chi connectivity index (χ0n) is 12.3. The number of allylic oxidation sites excluding steroid dienone is 1. The third-order valence-corrected chi connectivity index (χ3v) is 5.15. The van der Waals surface area contributed by atoms with E-state index in [1.165, 1.54) is 18.2 Å². The summed E-state index contributed by atoms with van der Waals surface area (Å²) in [5.41, 5.74) is 0.425. The summed E-state index contributed by atoms with van der Waals surface area (Å²) in [5.74, 6) is -0.504. The van der Waals surface area contributed by atoms with Gasteiger partial charge in [0.05, 0.1) is 36.2 Å². The number of hydrogen-bond acceptors (Lipinski definition) is 3. The zero-order chi connectivity index (χ0) is 19.3. The highest BCUT2D eigenvalue weighted by atomic mass is 35.5. The van der Waals surface area contributed by atoms with Crippen molar-refractivity contribution < 1.29 is 10.2 Å². The molecule has 0 amide bonds. The van der Waals surface area contributed by atoms with Crippen LogP contribution in [0.25, 0.3) is 0 Å². The van der Waals surface area contributed by atoms with Gasteiger partial charge in [-0.15, -0.1) is 0 Å². The molecule has 0 aliphatic heterocycles. The molecule has 0 aliphatic rings. The highest BCUT2D eigenvalue weighted by Crippen LogP contribution is 2.44. The molecule has 132 valence electrons. The van der Waals surface area contributed by atoms with Crippen molar-refractivity contribution in [1.29, 1.82) is 5.26 Å². The van der Waals surface area contributed by atoms with Crippen molar-refractivity contribution in [2.24, 2.45) is 0 Å². The first kappa shape index (κ1) is 22.1. The molecule has 0 fully saturated rings. The fraction of sp³-hybridized carbons (Fsp3) is 0.0625. The molecule has 0 saturated carbocycles. The van der Waals surface area contributed by atoms with Gasteiger partial charge in [0.2, 0.25) is 0 Å². The molecule has 9 heteroatoms. The summed E-state index contributed by atoms with van der Waals surface area (Å²) in [6.45, 7) is 3.12. The van der Waals surface area contributed by atoms with Gasteiger partial charge in [0, 0.05) is 23.6 Å². The molecule has 0 radical (unpaired) electrons. The van der Waals surface area contributed by atoms with Crippen LogP contribution in [0.15, 0.2) is 24.8 Å². The van der Waals surface area contributed by atoms with Crippen molar-refractivity contribution in [3.8, 4) is 17.6 Å². The van der Waals surface area contributed by atoms with Crippen LogP contribution in [0.3, 0.4) is 0 Å². The number of benzene rings is 2. The largest absolute Gasteiger partial charge is 0.506 e. The van der Waals surface area contributed by atoms with Crippen molar-refractivity contribution in [2.75, 3.05) is 0 Å². The normalized spacial score (nSPS) is 9.80. The van der Waals surface area contributed by atoms with E-state index in [4.69, 9.17) is 74.9 Å². The Kier molecular flexibility index (Phi) is 8.50. The maximum Gasteiger partial charge on any atom is 0.139 e. The van der Waals surface area contributed by atoms with E-state index in [-0.39, 0.29) is 59.2 Å². The van der Waals surface area contributed by atoms with Gasteiger partial charge in [0.1, 0.15) is 11.5 Å².